The van der Waals surface area contributed by atoms with Crippen molar-refractivity contribution < 1.29 is 14.5 Å². The number of nitrogens with two attached hydrogens (primary N) is 1. The first-order valence-electron chi connectivity index (χ1n) is 10.5. The van der Waals surface area contributed by atoms with Crippen LogP contribution in [0.2, 0.25) is 0 Å². The molecule has 1 aromatic carbocycles. The van der Waals surface area contributed by atoms with Crippen LogP contribution in [0.25, 0.3) is 0 Å². The van der Waals surface area contributed by atoms with Gasteiger partial charge in [-0.2, -0.15) is 0 Å². The number of ether oxygens (including phenoxy) is 1. The quantitative estimate of drug-likeness (QED) is 0.218. The fourth-order valence-corrected chi connectivity index (χ4v) is 3.88. The zero-order valence-electron chi connectivity index (χ0n) is 17.5. The highest BCUT2D eigenvalue weighted by Gasteiger charge is 2.25. The normalized spacial score (nSPS) is 16.9. The molecule has 0 spiro atoms. The Morgan fingerprint density at radius 1 is 1.35 bits per heavy atom. The Bertz CT molecular complexity index is 924. The predicted molar refractivity (Wildman–Crippen MR) is 120 cm³/mol. The summed E-state index contributed by atoms with van der Waals surface area (Å²) in [5.74, 6) is 2.04. The van der Waals surface area contributed by atoms with Gasteiger partial charge in [0.05, 0.1) is 10.5 Å². The molecule has 0 saturated carbocycles. The van der Waals surface area contributed by atoms with Gasteiger partial charge >= 0.3 is 0 Å². The van der Waals surface area contributed by atoms with Crippen LogP contribution in [-0.4, -0.2) is 48.0 Å². The van der Waals surface area contributed by atoms with E-state index in [1.807, 2.05) is 0 Å². The first-order valence-corrected chi connectivity index (χ1v) is 10.5. The number of amides is 1. The van der Waals surface area contributed by atoms with Crippen molar-refractivity contribution in [3.8, 4) is 18.1 Å². The molecule has 8 nitrogen and oxygen atoms in total. The first-order chi connectivity index (χ1) is 15.0. The van der Waals surface area contributed by atoms with E-state index in [1.54, 1.807) is 0 Å². The Hall–Kier alpha value is -3.31. The topological polar surface area (TPSA) is 111 Å². The summed E-state index contributed by atoms with van der Waals surface area (Å²) in [5, 5.41) is 14.2. The van der Waals surface area contributed by atoms with Crippen molar-refractivity contribution >= 4 is 17.3 Å². The van der Waals surface area contributed by atoms with E-state index < -0.39 is 10.8 Å². The molecular formula is C23H28N4O4. The fraction of sp³-hybridized carbons (Fsp3) is 0.435. The molecule has 1 heterocycles. The van der Waals surface area contributed by atoms with E-state index in [4.69, 9.17) is 16.9 Å². The van der Waals surface area contributed by atoms with Gasteiger partial charge in [0.2, 0.25) is 0 Å². The van der Waals surface area contributed by atoms with Gasteiger partial charge in [0.15, 0.2) is 0 Å². The number of terminal acetylenes is 1. The van der Waals surface area contributed by atoms with Gasteiger partial charge in [-0.25, -0.2) is 0 Å². The maximum atomic E-state index is 12.9. The molecule has 0 unspecified atom stereocenters. The molecule has 1 aromatic rings. The van der Waals surface area contributed by atoms with Crippen molar-refractivity contribution in [1.82, 2.24) is 10.2 Å². The van der Waals surface area contributed by atoms with Crippen molar-refractivity contribution in [2.75, 3.05) is 32.0 Å². The minimum Gasteiger partial charge on any atom is -0.480 e. The number of piperidine rings is 1. The zero-order chi connectivity index (χ0) is 22.2. The molecule has 164 valence electrons. The van der Waals surface area contributed by atoms with Crippen LogP contribution in [0.15, 0.2) is 35.9 Å². The number of allylic oxidation sites excluding steroid dienone is 3. The van der Waals surface area contributed by atoms with E-state index in [-0.39, 0.29) is 35.3 Å². The van der Waals surface area contributed by atoms with E-state index in [0.29, 0.717) is 0 Å². The summed E-state index contributed by atoms with van der Waals surface area (Å²) >= 11 is 0. The number of carbonyl (C=O) groups is 1. The van der Waals surface area contributed by atoms with Crippen molar-refractivity contribution in [1.29, 1.82) is 0 Å². The van der Waals surface area contributed by atoms with Gasteiger partial charge in [-0.1, -0.05) is 29.7 Å². The van der Waals surface area contributed by atoms with Crippen LogP contribution in [0.3, 0.4) is 0 Å². The Morgan fingerprint density at radius 3 is 2.77 bits per heavy atom. The second-order valence-corrected chi connectivity index (χ2v) is 7.77. The fourth-order valence-electron chi connectivity index (χ4n) is 3.88. The third-order valence-corrected chi connectivity index (χ3v) is 5.64. The predicted octanol–water partition coefficient (Wildman–Crippen LogP) is 3.05. The van der Waals surface area contributed by atoms with Crippen molar-refractivity contribution in [3.63, 3.8) is 0 Å². The molecule has 0 radical (unpaired) electrons. The van der Waals surface area contributed by atoms with Crippen LogP contribution in [-0.2, 0) is 0 Å². The lowest BCUT2D eigenvalue weighted by Crippen LogP contribution is -2.45. The maximum absolute atomic E-state index is 12.9. The lowest BCUT2D eigenvalue weighted by molar-refractivity contribution is -0.383. The highest BCUT2D eigenvalue weighted by Crippen LogP contribution is 2.31. The second-order valence-electron chi connectivity index (χ2n) is 7.77. The number of nitrogens with zero attached hydrogens (tertiary/aromatic N) is 2. The van der Waals surface area contributed by atoms with Gasteiger partial charge in [0.25, 0.3) is 11.6 Å². The molecule has 1 fully saturated rings. The lowest BCUT2D eigenvalue weighted by atomic mass is 10.0. The number of nitro groups is 1. The lowest BCUT2D eigenvalue weighted by Gasteiger charge is -2.32. The van der Waals surface area contributed by atoms with Crippen LogP contribution in [0.5, 0.6) is 5.75 Å². The first kappa shape index (κ1) is 22.4. The summed E-state index contributed by atoms with van der Waals surface area (Å²) in [6, 6.07) is 2.43. The number of hydrogen-bond donors (Lipinski definition) is 2. The molecule has 8 heteroatoms. The van der Waals surface area contributed by atoms with Gasteiger partial charge in [-0.05, 0) is 32.1 Å². The summed E-state index contributed by atoms with van der Waals surface area (Å²) in [6.07, 6.45) is 16.7. The van der Waals surface area contributed by atoms with Crippen LogP contribution in [0.4, 0.5) is 11.4 Å². The molecule has 0 bridgehead atoms. The molecule has 2 aliphatic rings. The Morgan fingerprint density at radius 2 is 2.13 bits per heavy atom. The van der Waals surface area contributed by atoms with E-state index in [9.17, 15) is 14.9 Å². The average Bonchev–Trinajstić information content (AvgIpc) is 2.77. The van der Waals surface area contributed by atoms with Crippen molar-refractivity contribution in [2.45, 2.75) is 38.1 Å². The smallest absolute Gasteiger partial charge is 0.293 e. The number of likely N-dealkylation sites (tertiary alicyclic amines) is 1. The molecular weight excluding hydrogens is 396 g/mol. The maximum Gasteiger partial charge on any atom is 0.293 e. The third-order valence-electron chi connectivity index (χ3n) is 5.64. The number of hydrogen-bond acceptors (Lipinski definition) is 6. The van der Waals surface area contributed by atoms with E-state index >= 15 is 0 Å². The van der Waals surface area contributed by atoms with Crippen molar-refractivity contribution in [2.24, 2.45) is 0 Å². The highest BCUT2D eigenvalue weighted by atomic mass is 16.6. The van der Waals surface area contributed by atoms with E-state index in [2.05, 4.69) is 34.4 Å². The number of nitrogen functional groups attached to an aromatic ring is 1. The molecule has 31 heavy (non-hydrogen) atoms. The number of benzene rings is 1. The summed E-state index contributed by atoms with van der Waals surface area (Å²) in [5.41, 5.74) is 6.87. The molecule has 1 aliphatic heterocycles. The molecule has 3 N–H and O–H groups in total. The zero-order valence-corrected chi connectivity index (χ0v) is 17.5. The van der Waals surface area contributed by atoms with E-state index in [1.165, 1.54) is 11.6 Å². The Kier molecular flexibility index (Phi) is 7.68. The number of nitro benzene ring substituents is 1. The SMILES string of the molecule is C#CCOc1cc(N)c([N+](=O)[O-])cc1C(=O)NC1CCN(CCC2=CCC=CC2)CC1. The van der Waals surface area contributed by atoms with Crippen molar-refractivity contribution in [3.05, 3.63) is 51.6 Å². The number of anilines is 1. The number of rotatable bonds is 8. The Balaban J connectivity index is 1.57. The summed E-state index contributed by atoms with van der Waals surface area (Å²) in [6.45, 7) is 2.75. The molecule has 1 saturated heterocycles. The third kappa shape index (κ3) is 6.09. The second kappa shape index (κ2) is 10.6. The average molecular weight is 425 g/mol. The molecule has 0 atom stereocenters. The van der Waals surface area contributed by atoms with Gasteiger partial charge in [-0.3, -0.25) is 14.9 Å². The molecule has 0 aromatic heterocycles. The number of nitrogens with one attached hydrogen (secondary N) is 1. The summed E-state index contributed by atoms with van der Waals surface area (Å²) < 4.78 is 5.40. The minimum absolute atomic E-state index is 0.00216. The minimum atomic E-state index is -0.618. The van der Waals surface area contributed by atoms with Crippen LogP contribution < -0.4 is 15.8 Å². The van der Waals surface area contributed by atoms with E-state index in [0.717, 1.165) is 57.8 Å². The standard InChI is InChI=1S/C23H28N4O4/c1-2-14-31-22-16-20(24)21(27(29)30)15-19(22)23(28)25-18-9-12-26(13-10-18)11-8-17-6-4-3-5-7-17/h1,3-4,7,15-16,18H,5-6,8-14,24H2,(H,25,28). The van der Waals surface area contributed by atoms with Gasteiger partial charge < -0.3 is 20.7 Å². The van der Waals surface area contributed by atoms with Crippen LogP contribution >= 0.6 is 0 Å². The summed E-state index contributed by atoms with van der Waals surface area (Å²) in [7, 11) is 0. The number of carbonyl (C=O) groups excluding carboxylic acids is 1. The highest BCUT2D eigenvalue weighted by molar-refractivity contribution is 5.98. The monoisotopic (exact) mass is 424 g/mol. The van der Waals surface area contributed by atoms with Gasteiger partial charge in [0.1, 0.15) is 18.0 Å². The molecule has 1 aliphatic carbocycles. The molecule has 3 rings (SSSR count). The van der Waals surface area contributed by atoms with Gasteiger partial charge in [-0.15, -0.1) is 6.42 Å². The largest absolute Gasteiger partial charge is 0.480 e. The van der Waals surface area contributed by atoms with Gasteiger partial charge in [0, 0.05) is 37.8 Å². The summed E-state index contributed by atoms with van der Waals surface area (Å²) in [4.78, 5) is 25.9. The Labute approximate surface area is 182 Å². The van der Waals surface area contributed by atoms with Crippen LogP contribution in [0, 0.1) is 22.5 Å². The molecule has 1 amide bonds. The van der Waals surface area contributed by atoms with Crippen LogP contribution in [0.1, 0.15) is 42.5 Å².